The van der Waals surface area contributed by atoms with Crippen LogP contribution in [0.1, 0.15) is 49.4 Å². The predicted octanol–water partition coefficient (Wildman–Crippen LogP) is 4.97. The van der Waals surface area contributed by atoms with Crippen molar-refractivity contribution in [1.82, 2.24) is 20.4 Å². The molecular weight excluding hydrogens is 455 g/mol. The van der Waals surface area contributed by atoms with E-state index in [0.29, 0.717) is 12.4 Å². The second kappa shape index (κ2) is 10.4. The first-order valence-electron chi connectivity index (χ1n) is 12.1. The maximum atomic E-state index is 13.0. The maximum absolute atomic E-state index is 13.0. The van der Waals surface area contributed by atoms with Gasteiger partial charge in [0.2, 0.25) is 5.89 Å². The highest BCUT2D eigenvalue weighted by Crippen LogP contribution is 2.47. The Morgan fingerprint density at radius 3 is 2.50 bits per heavy atom. The Morgan fingerprint density at radius 2 is 1.82 bits per heavy atom. The zero-order valence-electron chi connectivity index (χ0n) is 19.2. The van der Waals surface area contributed by atoms with Gasteiger partial charge in [0, 0.05) is 31.2 Å². The first-order valence-corrected chi connectivity index (χ1v) is 12.4. The molecule has 1 N–H and O–H groups in total. The lowest BCUT2D eigenvalue weighted by molar-refractivity contribution is 0.101. The third kappa shape index (κ3) is 5.27. The summed E-state index contributed by atoms with van der Waals surface area (Å²) in [6, 6.07) is 14.3. The summed E-state index contributed by atoms with van der Waals surface area (Å²) in [6.07, 6.45) is 5.35. The molecule has 3 aromatic rings. The van der Waals surface area contributed by atoms with Gasteiger partial charge in [0.15, 0.2) is 5.82 Å². The third-order valence-electron chi connectivity index (χ3n) is 7.03. The molecule has 1 aliphatic heterocycles. The molecule has 180 valence electrons. The summed E-state index contributed by atoms with van der Waals surface area (Å²) in [5.41, 5.74) is 1.06. The fraction of sp³-hybridized carbons (Fsp3) is 0.462. The second-order valence-corrected chi connectivity index (χ2v) is 9.68. The summed E-state index contributed by atoms with van der Waals surface area (Å²) < 4.78 is 24.6. The number of hydrogen-bond donors (Lipinski definition) is 1. The topological polar surface area (TPSA) is 63.4 Å². The molecule has 2 aromatic carbocycles. The molecule has 1 saturated carbocycles. The Labute approximate surface area is 204 Å². The van der Waals surface area contributed by atoms with Crippen LogP contribution in [0.15, 0.2) is 53.1 Å². The van der Waals surface area contributed by atoms with Crippen LogP contribution in [0.25, 0.3) is 0 Å². The van der Waals surface area contributed by atoms with Crippen LogP contribution >= 0.6 is 11.6 Å². The van der Waals surface area contributed by atoms with Crippen molar-refractivity contribution in [2.75, 3.05) is 26.2 Å². The molecule has 8 heteroatoms. The Balaban J connectivity index is 1.05. The van der Waals surface area contributed by atoms with Crippen molar-refractivity contribution in [2.24, 2.45) is 0 Å². The average Bonchev–Trinajstić information content (AvgIpc) is 3.29. The van der Waals surface area contributed by atoms with Crippen LogP contribution in [0.2, 0.25) is 5.02 Å². The molecule has 34 heavy (non-hydrogen) atoms. The molecule has 0 unspecified atom stereocenters. The fourth-order valence-corrected chi connectivity index (χ4v) is 4.98. The van der Waals surface area contributed by atoms with Gasteiger partial charge < -0.3 is 19.5 Å². The van der Waals surface area contributed by atoms with E-state index in [2.05, 4.69) is 27.5 Å². The minimum atomic E-state index is -0.240. The molecule has 1 aliphatic carbocycles. The second-order valence-electron chi connectivity index (χ2n) is 9.24. The van der Waals surface area contributed by atoms with Gasteiger partial charge in [0.25, 0.3) is 0 Å². The molecule has 0 amide bonds. The van der Waals surface area contributed by atoms with Gasteiger partial charge >= 0.3 is 0 Å². The van der Waals surface area contributed by atoms with E-state index in [9.17, 15) is 4.39 Å². The van der Waals surface area contributed by atoms with Crippen LogP contribution in [-0.4, -0.2) is 47.3 Å². The molecule has 2 fully saturated rings. The van der Waals surface area contributed by atoms with Crippen molar-refractivity contribution in [3.63, 3.8) is 0 Å². The van der Waals surface area contributed by atoms with Crippen molar-refractivity contribution >= 4 is 11.6 Å². The number of hydrogen-bond acceptors (Lipinski definition) is 6. The number of likely N-dealkylation sites (tertiary alicyclic amines) is 1. The Morgan fingerprint density at radius 1 is 1.09 bits per heavy atom. The largest absolute Gasteiger partial charge is 0.490 e. The summed E-state index contributed by atoms with van der Waals surface area (Å²) in [5, 5.41) is 8.49. The van der Waals surface area contributed by atoms with Crippen LogP contribution in [-0.2, 0) is 12.0 Å². The lowest BCUT2D eigenvalue weighted by Gasteiger charge is -2.39. The standard InChI is InChI=1S/C26H30ClFN4O2/c27-20-4-2-19(3-5-20)26(12-1-13-26)25-30-24(34-31-25)18-29-14-17-32-15-10-23(11-16-32)33-22-8-6-21(28)7-9-22/h2-9,23,29H,1,10-18H2. The summed E-state index contributed by atoms with van der Waals surface area (Å²) in [6.45, 7) is 4.35. The zero-order chi connectivity index (χ0) is 23.4. The Bertz CT molecular complexity index is 1060. The summed E-state index contributed by atoms with van der Waals surface area (Å²) in [5.74, 6) is 1.90. The highest BCUT2D eigenvalue weighted by Gasteiger charge is 2.44. The van der Waals surface area contributed by atoms with E-state index in [0.717, 1.165) is 74.9 Å². The van der Waals surface area contributed by atoms with Gasteiger partial charge in [-0.05, 0) is 67.6 Å². The lowest BCUT2D eigenvalue weighted by atomic mass is 9.64. The molecular formula is C26H30ClFN4O2. The smallest absolute Gasteiger partial charge is 0.240 e. The lowest BCUT2D eigenvalue weighted by Crippen LogP contribution is -2.41. The van der Waals surface area contributed by atoms with E-state index >= 15 is 0 Å². The molecule has 2 aliphatic rings. The SMILES string of the molecule is Fc1ccc(OC2CCN(CCNCc3nc(C4(c5ccc(Cl)cc5)CCC4)no3)CC2)cc1. The quantitative estimate of drug-likeness (QED) is 0.433. The number of halogens is 2. The highest BCUT2D eigenvalue weighted by atomic mass is 35.5. The number of aromatic nitrogens is 2. The fourth-order valence-electron chi connectivity index (χ4n) is 4.85. The van der Waals surface area contributed by atoms with E-state index in [1.54, 1.807) is 12.1 Å². The van der Waals surface area contributed by atoms with Crippen LogP contribution < -0.4 is 10.1 Å². The van der Waals surface area contributed by atoms with Crippen molar-refractivity contribution in [1.29, 1.82) is 0 Å². The molecule has 5 rings (SSSR count). The molecule has 2 heterocycles. The molecule has 6 nitrogen and oxygen atoms in total. The van der Waals surface area contributed by atoms with Crippen LogP contribution in [0.4, 0.5) is 4.39 Å². The van der Waals surface area contributed by atoms with E-state index in [-0.39, 0.29) is 17.3 Å². The van der Waals surface area contributed by atoms with Crippen LogP contribution in [0.3, 0.4) is 0 Å². The number of rotatable bonds is 9. The third-order valence-corrected chi connectivity index (χ3v) is 7.28. The number of piperidine rings is 1. The van der Waals surface area contributed by atoms with E-state index < -0.39 is 0 Å². The van der Waals surface area contributed by atoms with Crippen molar-refractivity contribution < 1.29 is 13.7 Å². The number of nitrogens with one attached hydrogen (secondary N) is 1. The van der Waals surface area contributed by atoms with E-state index in [1.807, 2.05) is 12.1 Å². The monoisotopic (exact) mass is 484 g/mol. The van der Waals surface area contributed by atoms with Crippen molar-refractivity contribution in [2.45, 2.75) is 50.2 Å². The number of benzene rings is 2. The normalized spacial score (nSPS) is 18.5. The van der Waals surface area contributed by atoms with Gasteiger partial charge in [-0.15, -0.1) is 0 Å². The molecule has 0 bridgehead atoms. The summed E-state index contributed by atoms with van der Waals surface area (Å²) >= 11 is 6.07. The first-order chi connectivity index (χ1) is 16.6. The molecule has 1 aromatic heterocycles. The van der Waals surface area contributed by atoms with Crippen molar-refractivity contribution in [3.8, 4) is 5.75 Å². The van der Waals surface area contributed by atoms with Gasteiger partial charge in [-0.1, -0.05) is 35.3 Å². The first kappa shape index (κ1) is 23.3. The van der Waals surface area contributed by atoms with Gasteiger partial charge in [-0.2, -0.15) is 4.98 Å². The molecule has 0 atom stereocenters. The van der Waals surface area contributed by atoms with Gasteiger partial charge in [0.1, 0.15) is 17.7 Å². The minimum absolute atomic E-state index is 0.146. The number of ether oxygens (including phenoxy) is 1. The van der Waals surface area contributed by atoms with E-state index in [1.165, 1.54) is 17.7 Å². The van der Waals surface area contributed by atoms with Crippen LogP contribution in [0.5, 0.6) is 5.75 Å². The molecule has 1 saturated heterocycles. The minimum Gasteiger partial charge on any atom is -0.490 e. The van der Waals surface area contributed by atoms with Gasteiger partial charge in [0.05, 0.1) is 12.0 Å². The predicted molar refractivity (Wildman–Crippen MR) is 129 cm³/mol. The zero-order valence-corrected chi connectivity index (χ0v) is 19.9. The highest BCUT2D eigenvalue weighted by molar-refractivity contribution is 6.30. The van der Waals surface area contributed by atoms with E-state index in [4.69, 9.17) is 25.8 Å². The van der Waals surface area contributed by atoms with Crippen LogP contribution in [0, 0.1) is 5.82 Å². The Hall–Kier alpha value is -2.48. The van der Waals surface area contributed by atoms with Gasteiger partial charge in [-0.3, -0.25) is 0 Å². The summed E-state index contributed by atoms with van der Waals surface area (Å²) in [4.78, 5) is 7.15. The molecule has 0 spiro atoms. The Kier molecular flexibility index (Phi) is 7.13. The average molecular weight is 485 g/mol. The molecule has 0 radical (unpaired) electrons. The number of nitrogens with zero attached hydrogens (tertiary/aromatic N) is 3. The van der Waals surface area contributed by atoms with Gasteiger partial charge in [-0.25, -0.2) is 4.39 Å². The van der Waals surface area contributed by atoms with Crippen molar-refractivity contribution in [3.05, 3.63) is 76.6 Å². The summed E-state index contributed by atoms with van der Waals surface area (Å²) in [7, 11) is 0. The maximum Gasteiger partial charge on any atom is 0.240 e.